The summed E-state index contributed by atoms with van der Waals surface area (Å²) in [6.07, 6.45) is 2.39. The Bertz CT molecular complexity index is 381. The molecule has 3 nitrogen and oxygen atoms in total. The van der Waals surface area contributed by atoms with Crippen molar-refractivity contribution < 1.29 is 9.47 Å². The molecule has 2 rings (SSSR count). The molecule has 0 fully saturated rings. The van der Waals surface area contributed by atoms with Gasteiger partial charge in [0.15, 0.2) is 0 Å². The number of rotatable bonds is 8. The Morgan fingerprint density at radius 3 is 2.84 bits per heavy atom. The van der Waals surface area contributed by atoms with E-state index in [1.807, 2.05) is 6.92 Å². The van der Waals surface area contributed by atoms with Crippen molar-refractivity contribution in [3.8, 4) is 0 Å². The molecule has 19 heavy (non-hydrogen) atoms. The van der Waals surface area contributed by atoms with Gasteiger partial charge in [-0.1, -0.05) is 31.2 Å². The van der Waals surface area contributed by atoms with E-state index in [1.165, 1.54) is 11.1 Å². The minimum atomic E-state index is 0.240. The zero-order valence-corrected chi connectivity index (χ0v) is 12.0. The third kappa shape index (κ3) is 3.78. The molecular formula is C16H25NO2. The fraction of sp³-hybridized carbons (Fsp3) is 0.625. The van der Waals surface area contributed by atoms with Crippen LogP contribution in [0.3, 0.4) is 0 Å². The normalized spacial score (nSPS) is 21.6. The zero-order chi connectivity index (χ0) is 13.5. The number of nitrogens with one attached hydrogen (secondary N) is 1. The van der Waals surface area contributed by atoms with Crippen LogP contribution in [0.15, 0.2) is 24.3 Å². The maximum Gasteiger partial charge on any atom is 0.0811 e. The highest BCUT2D eigenvalue weighted by molar-refractivity contribution is 5.36. The Labute approximate surface area is 116 Å². The molecule has 0 spiro atoms. The zero-order valence-electron chi connectivity index (χ0n) is 12.0. The third-order valence-electron chi connectivity index (χ3n) is 3.56. The molecule has 0 aromatic heterocycles. The second-order valence-electron chi connectivity index (χ2n) is 4.94. The van der Waals surface area contributed by atoms with E-state index in [1.54, 1.807) is 0 Å². The largest absolute Gasteiger partial charge is 0.379 e. The van der Waals surface area contributed by atoms with Crippen LogP contribution in [0.1, 0.15) is 37.4 Å². The lowest BCUT2D eigenvalue weighted by Crippen LogP contribution is -2.32. The summed E-state index contributed by atoms with van der Waals surface area (Å²) in [6.45, 7) is 7.35. The molecule has 2 atom stereocenters. The summed E-state index contributed by atoms with van der Waals surface area (Å²) in [6, 6.07) is 8.98. The summed E-state index contributed by atoms with van der Waals surface area (Å²) in [5.74, 6) is 0. The molecule has 106 valence electrons. The number of hydrogen-bond acceptors (Lipinski definition) is 3. The Balaban J connectivity index is 1.95. The Hall–Kier alpha value is -0.900. The smallest absolute Gasteiger partial charge is 0.0811 e. The van der Waals surface area contributed by atoms with Crippen molar-refractivity contribution >= 4 is 0 Å². The lowest BCUT2D eigenvalue weighted by Gasteiger charge is -2.22. The van der Waals surface area contributed by atoms with E-state index in [0.29, 0.717) is 19.3 Å². The van der Waals surface area contributed by atoms with E-state index in [2.05, 4.69) is 36.5 Å². The standard InChI is InChI=1S/C16H25NO2/c1-3-9-17-16-14-8-6-5-7-13(14)12-15(16)19-11-10-18-4-2/h5-8,15-17H,3-4,9-12H2,1-2H3. The number of ether oxygens (including phenoxy) is 2. The molecule has 0 heterocycles. The summed E-state index contributed by atoms with van der Waals surface area (Å²) in [5, 5.41) is 3.61. The Morgan fingerprint density at radius 1 is 1.21 bits per heavy atom. The third-order valence-corrected chi connectivity index (χ3v) is 3.56. The maximum atomic E-state index is 6.01. The highest BCUT2D eigenvalue weighted by atomic mass is 16.5. The predicted octanol–water partition coefficient (Wildman–Crippen LogP) is 2.71. The molecule has 1 aliphatic rings. The summed E-state index contributed by atoms with van der Waals surface area (Å²) in [4.78, 5) is 0. The van der Waals surface area contributed by atoms with Crippen molar-refractivity contribution in [2.75, 3.05) is 26.4 Å². The van der Waals surface area contributed by atoms with Crippen molar-refractivity contribution in [1.29, 1.82) is 0 Å². The molecule has 3 heteroatoms. The first-order valence-electron chi connectivity index (χ1n) is 7.37. The topological polar surface area (TPSA) is 30.5 Å². The SMILES string of the molecule is CCCNC1c2ccccc2CC1OCCOCC. The van der Waals surface area contributed by atoms with Crippen molar-refractivity contribution in [2.45, 2.75) is 38.8 Å². The molecule has 0 amide bonds. The van der Waals surface area contributed by atoms with E-state index in [9.17, 15) is 0 Å². The van der Waals surface area contributed by atoms with Gasteiger partial charge < -0.3 is 14.8 Å². The summed E-state index contributed by atoms with van der Waals surface area (Å²) < 4.78 is 11.4. The van der Waals surface area contributed by atoms with Gasteiger partial charge in [0, 0.05) is 13.0 Å². The van der Waals surface area contributed by atoms with Gasteiger partial charge >= 0.3 is 0 Å². The first-order valence-corrected chi connectivity index (χ1v) is 7.37. The van der Waals surface area contributed by atoms with Gasteiger partial charge in [0.25, 0.3) is 0 Å². The molecule has 1 aromatic rings. The molecular weight excluding hydrogens is 238 g/mol. The van der Waals surface area contributed by atoms with E-state index in [0.717, 1.165) is 26.0 Å². The van der Waals surface area contributed by atoms with Crippen LogP contribution in [0.4, 0.5) is 0 Å². The van der Waals surface area contributed by atoms with Crippen LogP contribution >= 0.6 is 0 Å². The van der Waals surface area contributed by atoms with Crippen molar-refractivity contribution in [3.05, 3.63) is 35.4 Å². The van der Waals surface area contributed by atoms with Crippen molar-refractivity contribution in [1.82, 2.24) is 5.32 Å². The number of benzene rings is 1. The fourth-order valence-electron chi connectivity index (χ4n) is 2.66. The summed E-state index contributed by atoms with van der Waals surface area (Å²) >= 11 is 0. The van der Waals surface area contributed by atoms with Gasteiger partial charge in [0.1, 0.15) is 0 Å². The van der Waals surface area contributed by atoms with Gasteiger partial charge in [-0.05, 0) is 31.0 Å². The minimum Gasteiger partial charge on any atom is -0.379 e. The van der Waals surface area contributed by atoms with Gasteiger partial charge in [-0.3, -0.25) is 0 Å². The molecule has 2 unspecified atom stereocenters. The Morgan fingerprint density at radius 2 is 2.05 bits per heavy atom. The van der Waals surface area contributed by atoms with Crippen LogP contribution in [0.25, 0.3) is 0 Å². The molecule has 0 aliphatic heterocycles. The summed E-state index contributed by atoms with van der Waals surface area (Å²) in [5.41, 5.74) is 2.81. The fourth-order valence-corrected chi connectivity index (χ4v) is 2.66. The van der Waals surface area contributed by atoms with Crippen LogP contribution in [-0.4, -0.2) is 32.5 Å². The lowest BCUT2D eigenvalue weighted by atomic mass is 10.1. The monoisotopic (exact) mass is 263 g/mol. The number of hydrogen-bond donors (Lipinski definition) is 1. The molecule has 1 N–H and O–H groups in total. The molecule has 0 saturated carbocycles. The minimum absolute atomic E-state index is 0.240. The van der Waals surface area contributed by atoms with Gasteiger partial charge in [-0.15, -0.1) is 0 Å². The molecule has 0 saturated heterocycles. The average molecular weight is 263 g/mol. The van der Waals surface area contributed by atoms with E-state index in [-0.39, 0.29) is 6.10 Å². The van der Waals surface area contributed by atoms with Crippen molar-refractivity contribution in [2.24, 2.45) is 0 Å². The van der Waals surface area contributed by atoms with E-state index < -0.39 is 0 Å². The highest BCUT2D eigenvalue weighted by Gasteiger charge is 2.32. The second-order valence-corrected chi connectivity index (χ2v) is 4.94. The first kappa shape index (κ1) is 14.5. The van der Waals surface area contributed by atoms with Gasteiger partial charge in [0.05, 0.1) is 25.4 Å². The molecule has 0 radical (unpaired) electrons. The summed E-state index contributed by atoms with van der Waals surface area (Å²) in [7, 11) is 0. The van der Waals surface area contributed by atoms with Crippen LogP contribution in [-0.2, 0) is 15.9 Å². The van der Waals surface area contributed by atoms with Crippen LogP contribution < -0.4 is 5.32 Å². The first-order chi connectivity index (χ1) is 9.36. The Kier molecular flexibility index (Phi) is 5.83. The van der Waals surface area contributed by atoms with E-state index >= 15 is 0 Å². The average Bonchev–Trinajstić information content (AvgIpc) is 2.79. The van der Waals surface area contributed by atoms with Gasteiger partial charge in [0.2, 0.25) is 0 Å². The van der Waals surface area contributed by atoms with Gasteiger partial charge in [-0.25, -0.2) is 0 Å². The van der Waals surface area contributed by atoms with Gasteiger partial charge in [-0.2, -0.15) is 0 Å². The molecule has 0 bridgehead atoms. The molecule has 1 aliphatic carbocycles. The highest BCUT2D eigenvalue weighted by Crippen LogP contribution is 2.33. The lowest BCUT2D eigenvalue weighted by molar-refractivity contribution is -0.00386. The number of fused-ring (bicyclic) bond motifs is 1. The maximum absolute atomic E-state index is 6.01. The predicted molar refractivity (Wildman–Crippen MR) is 77.4 cm³/mol. The molecule has 1 aromatic carbocycles. The van der Waals surface area contributed by atoms with Crippen LogP contribution in [0, 0.1) is 0 Å². The second kappa shape index (κ2) is 7.63. The van der Waals surface area contributed by atoms with Crippen LogP contribution in [0.5, 0.6) is 0 Å². The van der Waals surface area contributed by atoms with Crippen molar-refractivity contribution in [3.63, 3.8) is 0 Å². The van der Waals surface area contributed by atoms with E-state index in [4.69, 9.17) is 9.47 Å². The van der Waals surface area contributed by atoms with Crippen LogP contribution in [0.2, 0.25) is 0 Å². The quantitative estimate of drug-likeness (QED) is 0.732.